The summed E-state index contributed by atoms with van der Waals surface area (Å²) in [6.45, 7) is 0. The van der Waals surface area contributed by atoms with Crippen molar-refractivity contribution in [1.82, 2.24) is 5.32 Å². The van der Waals surface area contributed by atoms with Gasteiger partial charge in [0.1, 0.15) is 6.04 Å². The number of nitrogens with two attached hydrogens (primary N) is 1. The van der Waals surface area contributed by atoms with Gasteiger partial charge in [0.25, 0.3) is 0 Å². The van der Waals surface area contributed by atoms with Crippen molar-refractivity contribution in [3.8, 4) is 0 Å². The average Bonchev–Trinajstić information content (AvgIpc) is 2.87. The highest BCUT2D eigenvalue weighted by Crippen LogP contribution is 2.36. The summed E-state index contributed by atoms with van der Waals surface area (Å²) in [6.07, 6.45) is 1.21. The Morgan fingerprint density at radius 1 is 1.10 bits per heavy atom. The maximum absolute atomic E-state index is 13.1. The average molecular weight is 329 g/mol. The molecule has 2 rings (SSSR count). The third-order valence-electron chi connectivity index (χ3n) is 4.61. The van der Waals surface area contributed by atoms with Crippen molar-refractivity contribution < 1.29 is 18.0 Å². The molecule has 7 heteroatoms. The summed E-state index contributed by atoms with van der Waals surface area (Å²) in [5.41, 5.74) is 5.80. The lowest BCUT2D eigenvalue weighted by atomic mass is 9.85. The van der Waals surface area contributed by atoms with Gasteiger partial charge in [-0.05, 0) is 38.0 Å². The molecule has 3 atom stereocenters. The van der Waals surface area contributed by atoms with Crippen molar-refractivity contribution in [2.24, 2.45) is 17.6 Å². The van der Waals surface area contributed by atoms with Crippen molar-refractivity contribution in [1.29, 1.82) is 0 Å². The van der Waals surface area contributed by atoms with E-state index < -0.39 is 24.0 Å². The molecule has 3 unspecified atom stereocenters. The van der Waals surface area contributed by atoms with Crippen LogP contribution in [0.2, 0.25) is 0 Å². The van der Waals surface area contributed by atoms with Gasteiger partial charge in [-0.2, -0.15) is 13.2 Å². The van der Waals surface area contributed by atoms with E-state index in [0.29, 0.717) is 25.7 Å². The number of nitrogens with one attached hydrogen (secondary N) is 1. The number of carbonyl (C=O) groups excluding carboxylic acids is 1. The fourth-order valence-electron chi connectivity index (χ4n) is 3.49. The van der Waals surface area contributed by atoms with Gasteiger partial charge < -0.3 is 11.1 Å². The molecule has 0 heterocycles. The number of amides is 1. The molecule has 0 aromatic heterocycles. The molecule has 2 fully saturated rings. The van der Waals surface area contributed by atoms with Gasteiger partial charge in [-0.15, -0.1) is 12.4 Å². The lowest BCUT2D eigenvalue weighted by Crippen LogP contribution is -2.52. The fourth-order valence-corrected chi connectivity index (χ4v) is 3.49. The van der Waals surface area contributed by atoms with Gasteiger partial charge in [0, 0.05) is 12.0 Å². The molecule has 124 valence electrons. The standard InChI is InChI=1S/C14H23F3N2O.ClH/c15-14(16,17)12(9-4-1-2-5-9)19-13(20)10-6-3-7-11(18)8-10;/h9-12H,1-8,18H2,(H,19,20);1H. The van der Waals surface area contributed by atoms with E-state index in [9.17, 15) is 18.0 Å². The maximum Gasteiger partial charge on any atom is 0.408 e. The predicted molar refractivity (Wildman–Crippen MR) is 77.1 cm³/mol. The minimum absolute atomic E-state index is 0. The maximum atomic E-state index is 13.1. The summed E-state index contributed by atoms with van der Waals surface area (Å²) in [5, 5.41) is 2.27. The van der Waals surface area contributed by atoms with Gasteiger partial charge in [0.05, 0.1) is 0 Å². The van der Waals surface area contributed by atoms with Gasteiger partial charge in [0.15, 0.2) is 0 Å². The summed E-state index contributed by atoms with van der Waals surface area (Å²) >= 11 is 0. The van der Waals surface area contributed by atoms with Crippen LogP contribution in [0.4, 0.5) is 13.2 Å². The zero-order chi connectivity index (χ0) is 14.8. The number of hydrogen-bond donors (Lipinski definition) is 2. The Balaban J connectivity index is 0.00000220. The molecule has 21 heavy (non-hydrogen) atoms. The monoisotopic (exact) mass is 328 g/mol. The highest BCUT2D eigenvalue weighted by molar-refractivity contribution is 5.85. The fraction of sp³-hybridized carbons (Fsp3) is 0.929. The second kappa shape index (κ2) is 7.68. The summed E-state index contributed by atoms with van der Waals surface area (Å²) in [5.74, 6) is -1.28. The first-order valence-electron chi connectivity index (χ1n) is 7.50. The van der Waals surface area contributed by atoms with Crippen molar-refractivity contribution in [3.63, 3.8) is 0 Å². The first kappa shape index (κ1) is 18.6. The van der Waals surface area contributed by atoms with E-state index in [2.05, 4.69) is 5.32 Å². The van der Waals surface area contributed by atoms with Crippen molar-refractivity contribution in [2.75, 3.05) is 0 Å². The molecular weight excluding hydrogens is 305 g/mol. The summed E-state index contributed by atoms with van der Waals surface area (Å²) in [7, 11) is 0. The lowest BCUT2D eigenvalue weighted by molar-refractivity contribution is -0.173. The van der Waals surface area contributed by atoms with Gasteiger partial charge in [-0.25, -0.2) is 0 Å². The van der Waals surface area contributed by atoms with Crippen LogP contribution < -0.4 is 11.1 Å². The molecule has 3 N–H and O–H groups in total. The largest absolute Gasteiger partial charge is 0.408 e. The van der Waals surface area contributed by atoms with E-state index >= 15 is 0 Å². The molecule has 3 nitrogen and oxygen atoms in total. The minimum Gasteiger partial charge on any atom is -0.344 e. The SMILES string of the molecule is Cl.NC1CCCC(C(=O)NC(C2CCCC2)C(F)(F)F)C1. The molecule has 0 saturated heterocycles. The minimum atomic E-state index is -4.36. The second-order valence-corrected chi connectivity index (χ2v) is 6.20. The van der Waals surface area contributed by atoms with E-state index in [1.54, 1.807) is 0 Å². The quantitative estimate of drug-likeness (QED) is 0.836. The Bertz CT molecular complexity index is 346. The molecule has 2 aliphatic rings. The third kappa shape index (κ3) is 5.02. The van der Waals surface area contributed by atoms with Crippen LogP contribution in [0.15, 0.2) is 0 Å². The van der Waals surface area contributed by atoms with Crippen molar-refractivity contribution in [3.05, 3.63) is 0 Å². The molecule has 0 aromatic rings. The van der Waals surface area contributed by atoms with Crippen LogP contribution in [0.25, 0.3) is 0 Å². The van der Waals surface area contributed by atoms with Gasteiger partial charge >= 0.3 is 6.18 Å². The smallest absolute Gasteiger partial charge is 0.344 e. The number of halogens is 4. The number of hydrogen-bond acceptors (Lipinski definition) is 2. The van der Waals surface area contributed by atoms with E-state index in [4.69, 9.17) is 5.73 Å². The molecule has 0 aromatic carbocycles. The molecule has 0 radical (unpaired) electrons. The molecule has 1 amide bonds. The van der Waals surface area contributed by atoms with Crippen LogP contribution in [0.3, 0.4) is 0 Å². The first-order chi connectivity index (χ1) is 9.38. The molecule has 2 aliphatic carbocycles. The highest BCUT2D eigenvalue weighted by atomic mass is 35.5. The van der Waals surface area contributed by atoms with Crippen LogP contribution in [0, 0.1) is 11.8 Å². The number of carbonyl (C=O) groups is 1. The molecular formula is C14H24ClF3N2O. The highest BCUT2D eigenvalue weighted by Gasteiger charge is 2.46. The van der Waals surface area contributed by atoms with E-state index in [-0.39, 0.29) is 24.4 Å². The normalized spacial score (nSPS) is 28.8. The van der Waals surface area contributed by atoms with Crippen molar-refractivity contribution >= 4 is 18.3 Å². The van der Waals surface area contributed by atoms with E-state index in [0.717, 1.165) is 25.7 Å². The summed E-state index contributed by atoms with van der Waals surface area (Å²) < 4.78 is 39.4. The van der Waals surface area contributed by atoms with Crippen LogP contribution >= 0.6 is 12.4 Å². The van der Waals surface area contributed by atoms with E-state index in [1.165, 1.54) is 0 Å². The number of alkyl halides is 3. The Morgan fingerprint density at radius 3 is 2.24 bits per heavy atom. The Morgan fingerprint density at radius 2 is 1.71 bits per heavy atom. The Labute approximate surface area is 129 Å². The van der Waals surface area contributed by atoms with Gasteiger partial charge in [0.2, 0.25) is 5.91 Å². The lowest BCUT2D eigenvalue weighted by Gasteiger charge is -2.31. The van der Waals surface area contributed by atoms with Gasteiger partial charge in [-0.3, -0.25) is 4.79 Å². The zero-order valence-corrected chi connectivity index (χ0v) is 12.8. The van der Waals surface area contributed by atoms with Crippen LogP contribution in [-0.2, 0) is 4.79 Å². The first-order valence-corrected chi connectivity index (χ1v) is 7.50. The molecule has 2 saturated carbocycles. The van der Waals surface area contributed by atoms with Gasteiger partial charge in [-0.1, -0.05) is 19.3 Å². The topological polar surface area (TPSA) is 55.1 Å². The van der Waals surface area contributed by atoms with Crippen LogP contribution in [0.1, 0.15) is 51.4 Å². The number of rotatable bonds is 3. The Hall–Kier alpha value is -0.490. The predicted octanol–water partition coefficient (Wildman–Crippen LogP) is 3.16. The van der Waals surface area contributed by atoms with Crippen molar-refractivity contribution in [2.45, 2.75) is 69.6 Å². The zero-order valence-electron chi connectivity index (χ0n) is 12.0. The summed E-state index contributed by atoms with van der Waals surface area (Å²) in [4.78, 5) is 12.1. The molecule has 0 bridgehead atoms. The van der Waals surface area contributed by atoms with E-state index in [1.807, 2.05) is 0 Å². The molecule has 0 aliphatic heterocycles. The third-order valence-corrected chi connectivity index (χ3v) is 4.61. The Kier molecular flexibility index (Phi) is 6.78. The molecule has 0 spiro atoms. The second-order valence-electron chi connectivity index (χ2n) is 6.20. The summed E-state index contributed by atoms with van der Waals surface area (Å²) in [6, 6.07) is -1.74. The van der Waals surface area contributed by atoms with Crippen LogP contribution in [-0.4, -0.2) is 24.2 Å². The van der Waals surface area contributed by atoms with Crippen LogP contribution in [0.5, 0.6) is 0 Å².